The predicted molar refractivity (Wildman–Crippen MR) is 71.9 cm³/mol. The van der Waals surface area contributed by atoms with Crippen LogP contribution in [0.2, 0.25) is 0 Å². The van der Waals surface area contributed by atoms with Gasteiger partial charge in [-0.3, -0.25) is 0 Å². The van der Waals surface area contributed by atoms with Crippen molar-refractivity contribution in [3.05, 3.63) is 22.3 Å². The molecular formula is C13H19BrN2. The van der Waals surface area contributed by atoms with Crippen molar-refractivity contribution in [3.8, 4) is 0 Å². The van der Waals surface area contributed by atoms with Crippen LogP contribution in [-0.2, 0) is 0 Å². The van der Waals surface area contributed by atoms with Crippen LogP contribution >= 0.6 is 15.9 Å². The van der Waals surface area contributed by atoms with Gasteiger partial charge in [-0.25, -0.2) is 4.98 Å². The van der Waals surface area contributed by atoms with E-state index in [-0.39, 0.29) is 0 Å². The highest BCUT2D eigenvalue weighted by Gasteiger charge is 2.26. The summed E-state index contributed by atoms with van der Waals surface area (Å²) in [4.78, 5) is 6.94. The summed E-state index contributed by atoms with van der Waals surface area (Å²) in [6, 6.07) is 2.14. The molecule has 1 fully saturated rings. The zero-order valence-electron chi connectivity index (χ0n) is 10.3. The summed E-state index contributed by atoms with van der Waals surface area (Å²) in [6.07, 6.45) is 4.40. The van der Waals surface area contributed by atoms with Gasteiger partial charge in [-0.1, -0.05) is 13.8 Å². The molecule has 0 radical (unpaired) electrons. The van der Waals surface area contributed by atoms with Crippen LogP contribution in [0, 0.1) is 12.3 Å². The van der Waals surface area contributed by atoms with Gasteiger partial charge in [-0.2, -0.15) is 0 Å². The smallest absolute Gasteiger partial charge is 0.131 e. The van der Waals surface area contributed by atoms with Crippen LogP contribution in [0.4, 0.5) is 5.82 Å². The average molecular weight is 283 g/mol. The molecule has 16 heavy (non-hydrogen) atoms. The van der Waals surface area contributed by atoms with Crippen molar-refractivity contribution in [3.63, 3.8) is 0 Å². The lowest BCUT2D eigenvalue weighted by molar-refractivity contribution is 0.279. The zero-order valence-corrected chi connectivity index (χ0v) is 11.8. The number of aryl methyl sites for hydroxylation is 1. The van der Waals surface area contributed by atoms with E-state index in [0.29, 0.717) is 5.41 Å². The first-order valence-corrected chi connectivity index (χ1v) is 6.64. The van der Waals surface area contributed by atoms with E-state index in [1.807, 2.05) is 6.20 Å². The second-order valence-corrected chi connectivity index (χ2v) is 6.36. The van der Waals surface area contributed by atoms with E-state index in [2.05, 4.69) is 52.7 Å². The summed E-state index contributed by atoms with van der Waals surface area (Å²) >= 11 is 3.46. The van der Waals surface area contributed by atoms with Gasteiger partial charge >= 0.3 is 0 Å². The topological polar surface area (TPSA) is 16.1 Å². The van der Waals surface area contributed by atoms with Crippen LogP contribution in [0.3, 0.4) is 0 Å². The molecule has 0 amide bonds. The Kier molecular flexibility index (Phi) is 3.24. The molecular weight excluding hydrogens is 264 g/mol. The molecule has 0 saturated carbocycles. The van der Waals surface area contributed by atoms with Gasteiger partial charge in [0.1, 0.15) is 5.82 Å². The van der Waals surface area contributed by atoms with Crippen LogP contribution in [-0.4, -0.2) is 18.1 Å². The van der Waals surface area contributed by atoms with Crippen molar-refractivity contribution < 1.29 is 0 Å². The van der Waals surface area contributed by atoms with Crippen molar-refractivity contribution in [2.24, 2.45) is 5.41 Å². The fourth-order valence-electron chi connectivity index (χ4n) is 2.19. The molecule has 0 atom stereocenters. The number of piperidine rings is 1. The molecule has 0 spiro atoms. The number of nitrogens with zero attached hydrogens (tertiary/aromatic N) is 2. The number of pyridine rings is 1. The molecule has 2 rings (SSSR count). The van der Waals surface area contributed by atoms with E-state index in [9.17, 15) is 0 Å². The maximum Gasteiger partial charge on any atom is 0.131 e. The maximum absolute atomic E-state index is 4.53. The molecule has 1 aromatic rings. The van der Waals surface area contributed by atoms with E-state index >= 15 is 0 Å². The third kappa shape index (κ3) is 2.57. The van der Waals surface area contributed by atoms with Crippen molar-refractivity contribution in [1.82, 2.24) is 4.98 Å². The largest absolute Gasteiger partial charge is 0.356 e. The third-order valence-electron chi connectivity index (χ3n) is 3.43. The Balaban J connectivity index is 2.14. The summed E-state index contributed by atoms with van der Waals surface area (Å²) in [7, 11) is 0. The number of halogens is 1. The highest BCUT2D eigenvalue weighted by Crippen LogP contribution is 2.32. The molecule has 0 N–H and O–H groups in total. The molecule has 1 aliphatic heterocycles. The van der Waals surface area contributed by atoms with E-state index in [1.54, 1.807) is 0 Å². The molecule has 0 unspecified atom stereocenters. The van der Waals surface area contributed by atoms with Gasteiger partial charge < -0.3 is 4.90 Å². The van der Waals surface area contributed by atoms with Crippen LogP contribution in [0.5, 0.6) is 0 Å². The molecule has 3 heteroatoms. The van der Waals surface area contributed by atoms with Crippen LogP contribution < -0.4 is 4.90 Å². The second-order valence-electron chi connectivity index (χ2n) is 5.45. The molecule has 0 aliphatic carbocycles. The van der Waals surface area contributed by atoms with Gasteiger partial charge in [-0.05, 0) is 52.7 Å². The Morgan fingerprint density at radius 3 is 2.50 bits per heavy atom. The number of rotatable bonds is 1. The lowest BCUT2D eigenvalue weighted by Gasteiger charge is -2.38. The molecule has 88 valence electrons. The fraction of sp³-hybridized carbons (Fsp3) is 0.615. The second kappa shape index (κ2) is 4.36. The number of aromatic nitrogens is 1. The van der Waals surface area contributed by atoms with Crippen molar-refractivity contribution in [1.29, 1.82) is 0 Å². The molecule has 2 heterocycles. The Bertz CT molecular complexity index is 378. The van der Waals surface area contributed by atoms with Crippen LogP contribution in [0.15, 0.2) is 16.7 Å². The van der Waals surface area contributed by atoms with Crippen molar-refractivity contribution in [2.75, 3.05) is 18.0 Å². The fourth-order valence-corrected chi connectivity index (χ4v) is 2.63. The minimum Gasteiger partial charge on any atom is -0.356 e. The normalized spacial score (nSPS) is 19.9. The van der Waals surface area contributed by atoms with Crippen molar-refractivity contribution in [2.45, 2.75) is 33.6 Å². The van der Waals surface area contributed by atoms with Gasteiger partial charge in [0.25, 0.3) is 0 Å². The minimum atomic E-state index is 0.500. The Morgan fingerprint density at radius 2 is 1.94 bits per heavy atom. The number of anilines is 1. The lowest BCUT2D eigenvalue weighted by Crippen LogP contribution is -2.38. The molecule has 0 bridgehead atoms. The monoisotopic (exact) mass is 282 g/mol. The Morgan fingerprint density at radius 1 is 1.31 bits per heavy atom. The lowest BCUT2D eigenvalue weighted by atomic mass is 9.82. The van der Waals surface area contributed by atoms with Gasteiger partial charge in [0.05, 0.1) is 0 Å². The Hall–Kier alpha value is -0.570. The predicted octanol–water partition coefficient (Wildman–Crippen LogP) is 3.78. The average Bonchev–Trinajstić information content (AvgIpc) is 2.19. The standard InChI is InChI=1S/C13H19BrN2/c1-10-8-11(14)9-15-12(10)16-6-4-13(2,3)5-7-16/h8-9H,4-7H2,1-3H3. The first kappa shape index (κ1) is 11.9. The van der Waals surface area contributed by atoms with E-state index < -0.39 is 0 Å². The quantitative estimate of drug-likeness (QED) is 0.779. The van der Waals surface area contributed by atoms with E-state index in [1.165, 1.54) is 18.4 Å². The van der Waals surface area contributed by atoms with Gasteiger partial charge in [0.2, 0.25) is 0 Å². The maximum atomic E-state index is 4.53. The first-order chi connectivity index (χ1) is 7.48. The number of hydrogen-bond acceptors (Lipinski definition) is 2. The van der Waals surface area contributed by atoms with E-state index in [4.69, 9.17) is 0 Å². The number of hydrogen-bond donors (Lipinski definition) is 0. The molecule has 1 aromatic heterocycles. The Labute approximate surface area is 106 Å². The van der Waals surface area contributed by atoms with Gasteiger partial charge in [0, 0.05) is 23.8 Å². The van der Waals surface area contributed by atoms with Crippen LogP contribution in [0.25, 0.3) is 0 Å². The SMILES string of the molecule is Cc1cc(Br)cnc1N1CCC(C)(C)CC1. The molecule has 2 nitrogen and oxygen atoms in total. The summed E-state index contributed by atoms with van der Waals surface area (Å²) in [5, 5.41) is 0. The van der Waals surface area contributed by atoms with Gasteiger partial charge in [-0.15, -0.1) is 0 Å². The minimum absolute atomic E-state index is 0.500. The zero-order chi connectivity index (χ0) is 11.8. The van der Waals surface area contributed by atoms with Gasteiger partial charge in [0.15, 0.2) is 0 Å². The third-order valence-corrected chi connectivity index (χ3v) is 3.87. The van der Waals surface area contributed by atoms with Crippen LogP contribution in [0.1, 0.15) is 32.3 Å². The highest BCUT2D eigenvalue weighted by atomic mass is 79.9. The first-order valence-electron chi connectivity index (χ1n) is 5.85. The summed E-state index contributed by atoms with van der Waals surface area (Å²) in [6.45, 7) is 9.09. The summed E-state index contributed by atoms with van der Waals surface area (Å²) in [5.41, 5.74) is 1.76. The van der Waals surface area contributed by atoms with E-state index in [0.717, 1.165) is 23.4 Å². The molecule has 1 aliphatic rings. The molecule has 0 aromatic carbocycles. The highest BCUT2D eigenvalue weighted by molar-refractivity contribution is 9.10. The van der Waals surface area contributed by atoms with Crippen molar-refractivity contribution >= 4 is 21.7 Å². The summed E-state index contributed by atoms with van der Waals surface area (Å²) < 4.78 is 1.06. The molecule has 1 saturated heterocycles. The summed E-state index contributed by atoms with van der Waals surface area (Å²) in [5.74, 6) is 1.15.